The topological polar surface area (TPSA) is 68.3 Å². The van der Waals surface area contributed by atoms with Gasteiger partial charge >= 0.3 is 0 Å². The molecule has 0 spiro atoms. The van der Waals surface area contributed by atoms with Crippen LogP contribution in [-0.2, 0) is 4.79 Å². The summed E-state index contributed by atoms with van der Waals surface area (Å²) >= 11 is 1.60. The van der Waals surface area contributed by atoms with Crippen LogP contribution in [0.25, 0.3) is 0 Å². The Kier molecular flexibility index (Phi) is 6.59. The zero-order valence-corrected chi connectivity index (χ0v) is 17.7. The van der Waals surface area contributed by atoms with Gasteiger partial charge in [0.05, 0.1) is 27.2 Å². The van der Waals surface area contributed by atoms with Gasteiger partial charge in [-0.15, -0.1) is 11.8 Å². The van der Waals surface area contributed by atoms with Gasteiger partial charge in [0, 0.05) is 24.4 Å². The van der Waals surface area contributed by atoms with E-state index in [0.29, 0.717) is 40.4 Å². The zero-order chi connectivity index (χ0) is 20.3. The average Bonchev–Trinajstić information content (AvgIpc) is 3.21. The summed E-state index contributed by atoms with van der Waals surface area (Å²) in [6.45, 7) is 3.76. The molecule has 1 atom stereocenters. The first-order valence-corrected chi connectivity index (χ1v) is 10.6. The van der Waals surface area contributed by atoms with Crippen LogP contribution in [0.2, 0.25) is 0 Å². The highest BCUT2D eigenvalue weighted by atomic mass is 32.2. The first kappa shape index (κ1) is 20.6. The third kappa shape index (κ3) is 4.01. The van der Waals surface area contributed by atoms with E-state index in [1.165, 1.54) is 21.3 Å². The lowest BCUT2D eigenvalue weighted by Gasteiger charge is -2.34. The van der Waals surface area contributed by atoms with Gasteiger partial charge in [-0.2, -0.15) is 0 Å². The summed E-state index contributed by atoms with van der Waals surface area (Å²) in [5.41, 5.74) is 0.419. The molecule has 2 fully saturated rings. The van der Waals surface area contributed by atoms with E-state index >= 15 is 0 Å². The van der Waals surface area contributed by atoms with Crippen LogP contribution in [-0.4, -0.2) is 73.7 Å². The Morgan fingerprint density at radius 3 is 2.18 bits per heavy atom. The van der Waals surface area contributed by atoms with Gasteiger partial charge in [0.1, 0.15) is 6.04 Å². The monoisotopic (exact) mass is 408 g/mol. The molecule has 3 rings (SSSR count). The maximum Gasteiger partial charge on any atom is 0.255 e. The third-order valence-electron chi connectivity index (χ3n) is 5.44. The Hall–Kier alpha value is -2.09. The molecule has 0 aliphatic carbocycles. The highest BCUT2D eigenvalue weighted by Crippen LogP contribution is 2.39. The van der Waals surface area contributed by atoms with E-state index < -0.39 is 6.04 Å². The van der Waals surface area contributed by atoms with E-state index in [9.17, 15) is 9.59 Å². The SMILES string of the molecule is COc1cc(C(=O)N2CSCC2C(=O)N2CCC(C)CC2)cc(OC)c1OC. The van der Waals surface area contributed by atoms with Crippen LogP contribution in [0.3, 0.4) is 0 Å². The Bertz CT molecular complexity index is 708. The number of methoxy groups -OCH3 is 3. The standard InChI is InChI=1S/C20H28N2O5S/c1-13-5-7-21(8-6-13)20(24)15-11-28-12-22(15)19(23)14-9-16(25-2)18(27-4)17(10-14)26-3/h9-10,13,15H,5-8,11-12H2,1-4H3. The van der Waals surface area contributed by atoms with Gasteiger partial charge in [-0.25, -0.2) is 0 Å². The minimum Gasteiger partial charge on any atom is -0.493 e. The van der Waals surface area contributed by atoms with Crippen LogP contribution in [0.4, 0.5) is 0 Å². The minimum atomic E-state index is -0.426. The first-order valence-electron chi connectivity index (χ1n) is 9.47. The number of rotatable bonds is 5. The number of carbonyl (C=O) groups excluding carboxylic acids is 2. The van der Waals surface area contributed by atoms with Crippen molar-refractivity contribution in [1.29, 1.82) is 0 Å². The summed E-state index contributed by atoms with van der Waals surface area (Å²) < 4.78 is 16.0. The second kappa shape index (κ2) is 8.94. The van der Waals surface area contributed by atoms with E-state index in [1.807, 2.05) is 4.90 Å². The van der Waals surface area contributed by atoms with Gasteiger partial charge in [-0.1, -0.05) is 6.92 Å². The van der Waals surface area contributed by atoms with Crippen molar-refractivity contribution in [2.45, 2.75) is 25.8 Å². The number of hydrogen-bond donors (Lipinski definition) is 0. The maximum atomic E-state index is 13.2. The van der Waals surface area contributed by atoms with Crippen LogP contribution >= 0.6 is 11.8 Å². The molecule has 1 aromatic rings. The first-order chi connectivity index (χ1) is 13.5. The smallest absolute Gasteiger partial charge is 0.255 e. The van der Waals surface area contributed by atoms with Crippen molar-refractivity contribution in [2.24, 2.45) is 5.92 Å². The highest BCUT2D eigenvalue weighted by Gasteiger charge is 2.38. The lowest BCUT2D eigenvalue weighted by atomic mass is 9.98. The Morgan fingerprint density at radius 2 is 1.64 bits per heavy atom. The van der Waals surface area contributed by atoms with Crippen LogP contribution in [0, 0.1) is 5.92 Å². The molecule has 0 saturated carbocycles. The van der Waals surface area contributed by atoms with Crippen molar-refractivity contribution in [3.05, 3.63) is 17.7 Å². The highest BCUT2D eigenvalue weighted by molar-refractivity contribution is 7.99. The van der Waals surface area contributed by atoms with Crippen LogP contribution in [0.1, 0.15) is 30.1 Å². The average molecular weight is 409 g/mol. The van der Waals surface area contributed by atoms with Crippen molar-refractivity contribution in [1.82, 2.24) is 9.80 Å². The van der Waals surface area contributed by atoms with Gasteiger partial charge in [0.25, 0.3) is 5.91 Å². The molecule has 0 bridgehead atoms. The summed E-state index contributed by atoms with van der Waals surface area (Å²) in [5.74, 6) is 2.91. The van der Waals surface area contributed by atoms with Gasteiger partial charge < -0.3 is 24.0 Å². The molecule has 1 unspecified atom stereocenters. The second-order valence-corrected chi connectivity index (χ2v) is 8.21. The van der Waals surface area contributed by atoms with E-state index in [1.54, 1.807) is 28.8 Å². The van der Waals surface area contributed by atoms with E-state index in [0.717, 1.165) is 25.9 Å². The van der Waals surface area contributed by atoms with Crippen molar-refractivity contribution in [3.8, 4) is 17.2 Å². The molecule has 8 heteroatoms. The van der Waals surface area contributed by atoms with Crippen molar-refractivity contribution < 1.29 is 23.8 Å². The number of likely N-dealkylation sites (tertiary alicyclic amines) is 1. The van der Waals surface area contributed by atoms with Gasteiger partial charge in [0.2, 0.25) is 11.7 Å². The third-order valence-corrected chi connectivity index (χ3v) is 6.45. The lowest BCUT2D eigenvalue weighted by Crippen LogP contribution is -2.50. The number of hydrogen-bond acceptors (Lipinski definition) is 6. The number of amides is 2. The zero-order valence-electron chi connectivity index (χ0n) is 16.9. The molecule has 2 saturated heterocycles. The molecule has 0 N–H and O–H groups in total. The summed E-state index contributed by atoms with van der Waals surface area (Å²) in [6.07, 6.45) is 2.04. The lowest BCUT2D eigenvalue weighted by molar-refractivity contribution is -0.136. The largest absolute Gasteiger partial charge is 0.493 e. The molecule has 2 aliphatic heterocycles. The summed E-state index contributed by atoms with van der Waals surface area (Å²) in [5, 5.41) is 0. The predicted molar refractivity (Wildman–Crippen MR) is 108 cm³/mol. The molecular formula is C20H28N2O5S. The van der Waals surface area contributed by atoms with E-state index in [2.05, 4.69) is 6.92 Å². The minimum absolute atomic E-state index is 0.0534. The fourth-order valence-electron chi connectivity index (χ4n) is 3.66. The number of ether oxygens (including phenoxy) is 3. The van der Waals surface area contributed by atoms with Crippen LogP contribution in [0.15, 0.2) is 12.1 Å². The fourth-order valence-corrected chi connectivity index (χ4v) is 4.80. The Balaban J connectivity index is 1.82. The molecule has 0 radical (unpaired) electrons. The molecule has 28 heavy (non-hydrogen) atoms. The normalized spacial score (nSPS) is 20.2. The van der Waals surface area contributed by atoms with Crippen molar-refractivity contribution >= 4 is 23.6 Å². The second-order valence-electron chi connectivity index (χ2n) is 7.21. The van der Waals surface area contributed by atoms with E-state index in [4.69, 9.17) is 14.2 Å². The molecule has 2 amide bonds. The molecule has 154 valence electrons. The molecule has 1 aromatic carbocycles. The Morgan fingerprint density at radius 1 is 1.04 bits per heavy atom. The van der Waals surface area contributed by atoms with E-state index in [-0.39, 0.29) is 11.8 Å². The quantitative estimate of drug-likeness (QED) is 0.746. The van der Waals surface area contributed by atoms with Crippen LogP contribution < -0.4 is 14.2 Å². The van der Waals surface area contributed by atoms with Crippen LogP contribution in [0.5, 0.6) is 17.2 Å². The van der Waals surface area contributed by atoms with Gasteiger partial charge in [0.15, 0.2) is 11.5 Å². The van der Waals surface area contributed by atoms with Gasteiger partial charge in [-0.3, -0.25) is 9.59 Å². The summed E-state index contributed by atoms with van der Waals surface area (Å²) in [7, 11) is 4.55. The van der Waals surface area contributed by atoms with Gasteiger partial charge in [-0.05, 0) is 30.9 Å². The summed E-state index contributed by atoms with van der Waals surface area (Å²) in [6, 6.07) is 2.85. The number of carbonyl (C=O) groups is 2. The Labute approximate surface area is 170 Å². The molecule has 7 nitrogen and oxygen atoms in total. The number of nitrogens with zero attached hydrogens (tertiary/aromatic N) is 2. The molecular weight excluding hydrogens is 380 g/mol. The number of piperidine rings is 1. The van der Waals surface area contributed by atoms with Crippen molar-refractivity contribution in [2.75, 3.05) is 46.0 Å². The number of thioether (sulfide) groups is 1. The molecule has 2 aliphatic rings. The molecule has 0 aromatic heterocycles. The number of benzene rings is 1. The predicted octanol–water partition coefficient (Wildman–Crippen LogP) is 2.49. The fraction of sp³-hybridized carbons (Fsp3) is 0.600. The maximum absolute atomic E-state index is 13.2. The summed E-state index contributed by atoms with van der Waals surface area (Å²) in [4.78, 5) is 29.8. The molecule has 2 heterocycles. The van der Waals surface area contributed by atoms with Crippen molar-refractivity contribution in [3.63, 3.8) is 0 Å².